The van der Waals surface area contributed by atoms with Crippen LogP contribution in [0.25, 0.3) is 0 Å². The topological polar surface area (TPSA) is 78.9 Å². The molecule has 0 aliphatic heterocycles. The summed E-state index contributed by atoms with van der Waals surface area (Å²) in [5.74, 6) is -0.878. The first-order valence-electron chi connectivity index (χ1n) is 35.4. The van der Waals surface area contributed by atoms with Crippen LogP contribution in [0.1, 0.15) is 367 Å². The van der Waals surface area contributed by atoms with Crippen LogP contribution in [-0.2, 0) is 28.6 Å². The number of carbonyl (C=O) groups excluding carboxylic acids is 3. The zero-order valence-corrected chi connectivity index (χ0v) is 54.1. The van der Waals surface area contributed by atoms with Gasteiger partial charge in [-0.1, -0.05) is 312 Å². The van der Waals surface area contributed by atoms with Crippen LogP contribution in [0.5, 0.6) is 0 Å². The lowest BCUT2D eigenvalue weighted by Gasteiger charge is -2.18. The number of carbonyl (C=O) groups is 3. The fourth-order valence-corrected chi connectivity index (χ4v) is 10.4. The van der Waals surface area contributed by atoms with Crippen molar-refractivity contribution in [2.75, 3.05) is 13.2 Å². The van der Waals surface area contributed by atoms with E-state index >= 15 is 0 Å². The van der Waals surface area contributed by atoms with E-state index in [0.717, 1.165) is 96.3 Å². The van der Waals surface area contributed by atoms with Crippen molar-refractivity contribution in [2.24, 2.45) is 0 Å². The van der Waals surface area contributed by atoms with Gasteiger partial charge in [0.1, 0.15) is 13.2 Å². The quantitative estimate of drug-likeness (QED) is 0.0261. The van der Waals surface area contributed by atoms with E-state index in [1.807, 2.05) is 0 Å². The molecule has 470 valence electrons. The van der Waals surface area contributed by atoms with E-state index in [1.54, 1.807) is 0 Å². The molecule has 0 spiro atoms. The Hall–Kier alpha value is -3.15. The second-order valence-electron chi connectivity index (χ2n) is 23.8. The molecule has 0 saturated carbocycles. The van der Waals surface area contributed by atoms with Crippen molar-refractivity contribution >= 4 is 17.9 Å². The molecule has 0 rings (SSSR count). The normalized spacial score (nSPS) is 12.5. The number of esters is 3. The Morgan fingerprint density at radius 3 is 0.790 bits per heavy atom. The summed E-state index contributed by atoms with van der Waals surface area (Å²) in [4.78, 5) is 38.4. The van der Waals surface area contributed by atoms with E-state index in [1.165, 1.54) is 231 Å². The van der Waals surface area contributed by atoms with Crippen molar-refractivity contribution in [2.45, 2.75) is 374 Å². The highest BCUT2D eigenvalue weighted by Gasteiger charge is 2.19. The molecule has 0 N–H and O–H groups in total. The molecular weight excluding hydrogens is 997 g/mol. The third-order valence-electron chi connectivity index (χ3n) is 15.7. The second kappa shape index (κ2) is 69.3. The van der Waals surface area contributed by atoms with Crippen LogP contribution in [0.2, 0.25) is 0 Å². The minimum atomic E-state index is -0.785. The Kier molecular flexibility index (Phi) is 66.6. The predicted octanol–water partition coefficient (Wildman–Crippen LogP) is 24.4. The molecule has 0 heterocycles. The second-order valence-corrected chi connectivity index (χ2v) is 23.8. The number of rotatable bonds is 65. The van der Waals surface area contributed by atoms with Crippen LogP contribution in [-0.4, -0.2) is 37.2 Å². The zero-order chi connectivity index (χ0) is 58.5. The van der Waals surface area contributed by atoms with Gasteiger partial charge in [0.2, 0.25) is 0 Å². The summed E-state index contributed by atoms with van der Waals surface area (Å²) in [6, 6.07) is 0. The summed E-state index contributed by atoms with van der Waals surface area (Å²) >= 11 is 0. The van der Waals surface area contributed by atoms with Crippen molar-refractivity contribution in [1.29, 1.82) is 0 Å². The molecule has 0 aliphatic carbocycles. The molecule has 0 aliphatic rings. The molecule has 1 atom stereocenters. The van der Waals surface area contributed by atoms with Gasteiger partial charge in [-0.3, -0.25) is 14.4 Å². The minimum Gasteiger partial charge on any atom is -0.462 e. The lowest BCUT2D eigenvalue weighted by atomic mass is 10.0. The van der Waals surface area contributed by atoms with Crippen LogP contribution < -0.4 is 0 Å². The SMILES string of the molecule is CC/C=C\C/C=C\C/C=C\CCCCCCCCCC(=O)OC(COC(=O)CCCCCCCCC/C=C\C/C=C\CCCCC)COC(=O)CCCCCCCCCCCCCCCCCCC/C=C\CCCCCCCCCC. The van der Waals surface area contributed by atoms with E-state index in [2.05, 4.69) is 93.7 Å². The van der Waals surface area contributed by atoms with Crippen LogP contribution >= 0.6 is 0 Å². The van der Waals surface area contributed by atoms with Crippen molar-refractivity contribution in [3.8, 4) is 0 Å². The first kappa shape index (κ1) is 77.9. The first-order valence-corrected chi connectivity index (χ1v) is 35.4. The number of allylic oxidation sites excluding steroid dienone is 12. The zero-order valence-electron chi connectivity index (χ0n) is 54.1. The molecule has 0 fully saturated rings. The minimum absolute atomic E-state index is 0.0793. The van der Waals surface area contributed by atoms with Gasteiger partial charge in [-0.25, -0.2) is 0 Å². The maximum Gasteiger partial charge on any atom is 0.306 e. The number of ether oxygens (including phenoxy) is 3. The monoisotopic (exact) mass is 1130 g/mol. The molecule has 0 amide bonds. The molecular formula is C75H134O6. The molecule has 6 nitrogen and oxygen atoms in total. The smallest absolute Gasteiger partial charge is 0.306 e. The predicted molar refractivity (Wildman–Crippen MR) is 353 cm³/mol. The molecule has 1 unspecified atom stereocenters. The van der Waals surface area contributed by atoms with Gasteiger partial charge >= 0.3 is 17.9 Å². The Balaban J connectivity index is 4.25. The van der Waals surface area contributed by atoms with Crippen LogP contribution in [0.4, 0.5) is 0 Å². The molecule has 0 aromatic carbocycles. The lowest BCUT2D eigenvalue weighted by molar-refractivity contribution is -0.167. The summed E-state index contributed by atoms with van der Waals surface area (Å²) in [6.07, 6.45) is 90.8. The molecule has 0 saturated heterocycles. The van der Waals surface area contributed by atoms with E-state index in [-0.39, 0.29) is 31.1 Å². The van der Waals surface area contributed by atoms with Gasteiger partial charge in [-0.2, -0.15) is 0 Å². The fraction of sp³-hybridized carbons (Fsp3) is 0.800. The van der Waals surface area contributed by atoms with E-state index in [9.17, 15) is 14.4 Å². The Morgan fingerprint density at radius 1 is 0.259 bits per heavy atom. The summed E-state index contributed by atoms with van der Waals surface area (Å²) in [5.41, 5.74) is 0. The van der Waals surface area contributed by atoms with Crippen LogP contribution in [0, 0.1) is 0 Å². The molecule has 6 heteroatoms. The Bertz CT molecular complexity index is 1490. The Labute approximate surface area is 503 Å². The van der Waals surface area contributed by atoms with Crippen LogP contribution in [0.15, 0.2) is 72.9 Å². The van der Waals surface area contributed by atoms with Crippen molar-refractivity contribution in [3.63, 3.8) is 0 Å². The molecule has 0 radical (unpaired) electrons. The number of hydrogen-bond acceptors (Lipinski definition) is 6. The molecule has 0 aromatic rings. The summed E-state index contributed by atoms with van der Waals surface area (Å²) in [7, 11) is 0. The highest BCUT2D eigenvalue weighted by Crippen LogP contribution is 2.18. The lowest BCUT2D eigenvalue weighted by Crippen LogP contribution is -2.30. The van der Waals surface area contributed by atoms with E-state index in [0.29, 0.717) is 19.3 Å². The average molecular weight is 1130 g/mol. The average Bonchev–Trinajstić information content (AvgIpc) is 3.47. The first-order chi connectivity index (χ1) is 40.0. The van der Waals surface area contributed by atoms with E-state index < -0.39 is 6.10 Å². The van der Waals surface area contributed by atoms with Crippen molar-refractivity contribution in [3.05, 3.63) is 72.9 Å². The summed E-state index contributed by atoms with van der Waals surface area (Å²) in [5, 5.41) is 0. The van der Waals surface area contributed by atoms with Gasteiger partial charge in [-0.05, 0) is 109 Å². The van der Waals surface area contributed by atoms with E-state index in [4.69, 9.17) is 14.2 Å². The van der Waals surface area contributed by atoms with Gasteiger partial charge in [0.25, 0.3) is 0 Å². The third kappa shape index (κ3) is 67.5. The maximum atomic E-state index is 12.9. The number of unbranched alkanes of at least 4 members (excludes halogenated alkanes) is 42. The highest BCUT2D eigenvalue weighted by atomic mass is 16.6. The van der Waals surface area contributed by atoms with Gasteiger partial charge in [0.05, 0.1) is 0 Å². The molecule has 81 heavy (non-hydrogen) atoms. The molecule has 0 bridgehead atoms. The van der Waals surface area contributed by atoms with Crippen molar-refractivity contribution < 1.29 is 28.6 Å². The Morgan fingerprint density at radius 2 is 0.481 bits per heavy atom. The van der Waals surface area contributed by atoms with Crippen molar-refractivity contribution in [1.82, 2.24) is 0 Å². The van der Waals surface area contributed by atoms with Gasteiger partial charge in [-0.15, -0.1) is 0 Å². The highest BCUT2D eigenvalue weighted by molar-refractivity contribution is 5.71. The summed E-state index contributed by atoms with van der Waals surface area (Å²) < 4.78 is 17.0. The maximum absolute atomic E-state index is 12.9. The standard InChI is InChI=1S/C75H134O6/c1-4-7-10-13-16-19-22-25-28-31-32-33-34-35-36-37-38-39-40-41-42-45-47-50-53-56-59-62-65-68-74(77)80-71-72(81-75(78)69-66-63-60-57-54-51-48-44-30-27-24-21-18-15-12-9-6-3)70-79-73(76)67-64-61-58-55-52-49-46-43-29-26-23-20-17-14-11-8-5-2/h9,12,17-18,20-21,26-27,29-32,72H,4-8,10-11,13-16,19,22-25,28,33-71H2,1-3H3/b12-9-,20-17-,21-18-,29-26-,30-27-,32-31-. The van der Waals surface area contributed by atoms with Gasteiger partial charge in [0.15, 0.2) is 6.10 Å². The third-order valence-corrected chi connectivity index (χ3v) is 15.7. The number of hydrogen-bond donors (Lipinski definition) is 0. The fourth-order valence-electron chi connectivity index (χ4n) is 10.4. The summed E-state index contributed by atoms with van der Waals surface area (Å²) in [6.45, 7) is 6.54. The largest absolute Gasteiger partial charge is 0.462 e. The van der Waals surface area contributed by atoms with Crippen LogP contribution in [0.3, 0.4) is 0 Å². The molecule has 0 aromatic heterocycles. The van der Waals surface area contributed by atoms with Gasteiger partial charge in [0, 0.05) is 19.3 Å². The van der Waals surface area contributed by atoms with Gasteiger partial charge < -0.3 is 14.2 Å².